The Morgan fingerprint density at radius 3 is 2.46 bits per heavy atom. The lowest BCUT2D eigenvalue weighted by atomic mass is 10.2. The average Bonchev–Trinajstić information content (AvgIpc) is 2.85. The molecule has 0 aliphatic rings. The third kappa shape index (κ3) is 8.37. The first-order valence-electron chi connectivity index (χ1n) is 8.75. The summed E-state index contributed by atoms with van der Waals surface area (Å²) in [5, 5.41) is 6.82. The van der Waals surface area contributed by atoms with Crippen molar-refractivity contribution >= 4 is 29.9 Å². The molecule has 0 fully saturated rings. The Hall–Kier alpha value is -0.760. The van der Waals surface area contributed by atoms with Crippen molar-refractivity contribution in [3.05, 3.63) is 23.2 Å². The van der Waals surface area contributed by atoms with Crippen LogP contribution in [-0.2, 0) is 6.54 Å². The van der Waals surface area contributed by atoms with Gasteiger partial charge in [0.05, 0.1) is 0 Å². The largest absolute Gasteiger partial charge is 0.466 e. The quantitative estimate of drug-likeness (QED) is 0.342. The SMILES string of the molecule is CCN(CC)CCCC(C)NC(=NC)NCc1cc(C)oc1C.I. The molecule has 0 aromatic carbocycles. The molecule has 0 saturated heterocycles. The first kappa shape index (κ1) is 23.2. The molecule has 5 nitrogen and oxygen atoms in total. The zero-order valence-electron chi connectivity index (χ0n) is 16.1. The lowest BCUT2D eigenvalue weighted by Crippen LogP contribution is -2.42. The van der Waals surface area contributed by atoms with Crippen LogP contribution in [0.4, 0.5) is 0 Å². The molecule has 0 aliphatic carbocycles. The van der Waals surface area contributed by atoms with Gasteiger partial charge in [0.2, 0.25) is 0 Å². The number of nitrogens with one attached hydrogen (secondary N) is 2. The van der Waals surface area contributed by atoms with Crippen LogP contribution in [0.3, 0.4) is 0 Å². The first-order valence-corrected chi connectivity index (χ1v) is 8.75. The number of hydrogen-bond donors (Lipinski definition) is 2. The third-order valence-corrected chi connectivity index (χ3v) is 4.20. The van der Waals surface area contributed by atoms with Crippen molar-refractivity contribution in [2.75, 3.05) is 26.7 Å². The second-order valence-corrected chi connectivity index (χ2v) is 6.08. The Kier molecular flexibility index (Phi) is 12.2. The van der Waals surface area contributed by atoms with Crippen molar-refractivity contribution in [1.29, 1.82) is 0 Å². The fraction of sp³-hybridized carbons (Fsp3) is 0.722. The molecule has 1 heterocycles. The molecule has 24 heavy (non-hydrogen) atoms. The number of aryl methyl sites for hydroxylation is 2. The maximum atomic E-state index is 5.55. The normalized spacial score (nSPS) is 12.9. The second-order valence-electron chi connectivity index (χ2n) is 6.08. The average molecular weight is 450 g/mol. The lowest BCUT2D eigenvalue weighted by Gasteiger charge is -2.21. The van der Waals surface area contributed by atoms with E-state index in [0.717, 1.165) is 43.5 Å². The van der Waals surface area contributed by atoms with Crippen molar-refractivity contribution in [2.45, 2.75) is 60.0 Å². The maximum absolute atomic E-state index is 5.55. The molecule has 2 N–H and O–H groups in total. The number of rotatable bonds is 9. The van der Waals surface area contributed by atoms with Crippen LogP contribution in [0.5, 0.6) is 0 Å². The topological polar surface area (TPSA) is 52.8 Å². The minimum atomic E-state index is 0. The highest BCUT2D eigenvalue weighted by molar-refractivity contribution is 14.0. The van der Waals surface area contributed by atoms with Gasteiger partial charge in [-0.05, 0) is 59.3 Å². The van der Waals surface area contributed by atoms with Gasteiger partial charge >= 0.3 is 0 Å². The number of furan rings is 1. The highest BCUT2D eigenvalue weighted by Gasteiger charge is 2.08. The van der Waals surface area contributed by atoms with Gasteiger partial charge < -0.3 is 20.0 Å². The van der Waals surface area contributed by atoms with Crippen molar-refractivity contribution < 1.29 is 4.42 Å². The van der Waals surface area contributed by atoms with E-state index in [1.54, 1.807) is 0 Å². The summed E-state index contributed by atoms with van der Waals surface area (Å²) in [5.41, 5.74) is 1.18. The van der Waals surface area contributed by atoms with Crippen LogP contribution in [0.2, 0.25) is 0 Å². The van der Waals surface area contributed by atoms with E-state index in [0.29, 0.717) is 6.04 Å². The van der Waals surface area contributed by atoms with E-state index in [2.05, 4.69) is 47.4 Å². The summed E-state index contributed by atoms with van der Waals surface area (Å²) in [4.78, 5) is 6.77. The molecule has 1 unspecified atom stereocenters. The molecule has 1 rings (SSSR count). The summed E-state index contributed by atoms with van der Waals surface area (Å²) in [6.45, 7) is 14.8. The number of hydrogen-bond acceptors (Lipinski definition) is 3. The van der Waals surface area contributed by atoms with Crippen molar-refractivity contribution in [3.8, 4) is 0 Å². The summed E-state index contributed by atoms with van der Waals surface area (Å²) < 4.78 is 5.55. The predicted octanol–water partition coefficient (Wildman–Crippen LogP) is 3.69. The number of nitrogens with zero attached hydrogens (tertiary/aromatic N) is 2. The molecule has 6 heteroatoms. The van der Waals surface area contributed by atoms with E-state index in [-0.39, 0.29) is 24.0 Å². The molecule has 1 aromatic rings. The minimum absolute atomic E-state index is 0. The smallest absolute Gasteiger partial charge is 0.191 e. The number of halogens is 1. The summed E-state index contributed by atoms with van der Waals surface area (Å²) in [7, 11) is 1.81. The van der Waals surface area contributed by atoms with Crippen molar-refractivity contribution in [3.63, 3.8) is 0 Å². The van der Waals surface area contributed by atoms with Crippen LogP contribution in [0.1, 0.15) is 50.7 Å². The number of guanidine groups is 1. The Balaban J connectivity index is 0.00000529. The van der Waals surface area contributed by atoms with Crippen LogP contribution < -0.4 is 10.6 Å². The second kappa shape index (κ2) is 12.6. The zero-order chi connectivity index (χ0) is 17.2. The molecule has 1 aromatic heterocycles. The molecule has 0 radical (unpaired) electrons. The summed E-state index contributed by atoms with van der Waals surface area (Å²) in [6.07, 6.45) is 2.34. The maximum Gasteiger partial charge on any atom is 0.191 e. The van der Waals surface area contributed by atoms with Gasteiger partial charge in [-0.3, -0.25) is 4.99 Å². The van der Waals surface area contributed by atoms with E-state index in [4.69, 9.17) is 4.42 Å². The Morgan fingerprint density at radius 1 is 1.29 bits per heavy atom. The van der Waals surface area contributed by atoms with Crippen LogP contribution in [0.15, 0.2) is 15.5 Å². The zero-order valence-corrected chi connectivity index (χ0v) is 18.4. The standard InChI is InChI=1S/C18H34N4O.HI/c1-7-22(8-2)11-9-10-14(3)21-18(19-6)20-13-17-12-15(4)23-16(17)5;/h12,14H,7-11,13H2,1-6H3,(H2,19,20,21);1H. The molecule has 1 atom stereocenters. The summed E-state index contributed by atoms with van der Waals surface area (Å²) in [6, 6.07) is 2.48. The van der Waals surface area contributed by atoms with Crippen molar-refractivity contribution in [1.82, 2.24) is 15.5 Å². The third-order valence-electron chi connectivity index (χ3n) is 4.20. The van der Waals surface area contributed by atoms with Crippen molar-refractivity contribution in [2.24, 2.45) is 4.99 Å². The molecule has 0 bridgehead atoms. The Labute approximate surface area is 164 Å². The molecule has 0 aliphatic heterocycles. The van der Waals surface area contributed by atoms with E-state index in [9.17, 15) is 0 Å². The van der Waals surface area contributed by atoms with E-state index in [1.807, 2.05) is 20.9 Å². The van der Waals surface area contributed by atoms with Gasteiger partial charge in [-0.15, -0.1) is 24.0 Å². The fourth-order valence-corrected chi connectivity index (χ4v) is 2.70. The van der Waals surface area contributed by atoms with Gasteiger partial charge in [0.25, 0.3) is 0 Å². The van der Waals surface area contributed by atoms with E-state index in [1.165, 1.54) is 18.5 Å². The van der Waals surface area contributed by atoms with Gasteiger partial charge in [0.1, 0.15) is 11.5 Å². The first-order chi connectivity index (χ1) is 11.0. The molecule has 140 valence electrons. The van der Waals surface area contributed by atoms with Gasteiger partial charge in [-0.2, -0.15) is 0 Å². The summed E-state index contributed by atoms with van der Waals surface area (Å²) in [5.74, 6) is 2.77. The van der Waals surface area contributed by atoms with Crippen LogP contribution in [0, 0.1) is 13.8 Å². The van der Waals surface area contributed by atoms with Crippen LogP contribution in [-0.4, -0.2) is 43.6 Å². The van der Waals surface area contributed by atoms with Crippen LogP contribution >= 0.6 is 24.0 Å². The monoisotopic (exact) mass is 450 g/mol. The molecule has 0 amide bonds. The molecular formula is C18H35IN4O. The lowest BCUT2D eigenvalue weighted by molar-refractivity contribution is 0.292. The molecule has 0 saturated carbocycles. The van der Waals surface area contributed by atoms with Gasteiger partial charge in [-0.1, -0.05) is 13.8 Å². The molecular weight excluding hydrogens is 415 g/mol. The van der Waals surface area contributed by atoms with E-state index < -0.39 is 0 Å². The highest BCUT2D eigenvalue weighted by atomic mass is 127. The van der Waals surface area contributed by atoms with E-state index >= 15 is 0 Å². The highest BCUT2D eigenvalue weighted by Crippen LogP contribution is 2.13. The van der Waals surface area contributed by atoms with Crippen LogP contribution in [0.25, 0.3) is 0 Å². The fourth-order valence-electron chi connectivity index (χ4n) is 2.70. The van der Waals surface area contributed by atoms with Gasteiger partial charge in [0.15, 0.2) is 5.96 Å². The Bertz CT molecular complexity index is 483. The summed E-state index contributed by atoms with van der Waals surface area (Å²) >= 11 is 0. The minimum Gasteiger partial charge on any atom is -0.466 e. The Morgan fingerprint density at radius 2 is 1.96 bits per heavy atom. The molecule has 0 spiro atoms. The predicted molar refractivity (Wildman–Crippen MR) is 113 cm³/mol. The number of aliphatic imine (C=N–C) groups is 1. The van der Waals surface area contributed by atoms with Gasteiger partial charge in [0, 0.05) is 25.2 Å². The van der Waals surface area contributed by atoms with Gasteiger partial charge in [-0.25, -0.2) is 0 Å².